The molecular weight excluding hydrogens is 571 g/mol. The maximum absolute atomic E-state index is 13.6. The lowest BCUT2D eigenvalue weighted by Gasteiger charge is -2.26. The summed E-state index contributed by atoms with van der Waals surface area (Å²) in [5.74, 6) is 1.46. The molecule has 0 bridgehead atoms. The molecule has 0 fully saturated rings. The number of H-pyrrole nitrogens is 1. The van der Waals surface area contributed by atoms with Crippen LogP contribution in [0.4, 0.5) is 0 Å². The van der Waals surface area contributed by atoms with Gasteiger partial charge in [-0.15, -0.1) is 0 Å². The molecule has 0 saturated heterocycles. The van der Waals surface area contributed by atoms with Crippen LogP contribution in [0.15, 0.2) is 48.7 Å². The van der Waals surface area contributed by atoms with Crippen LogP contribution in [-0.2, 0) is 17.6 Å². The van der Waals surface area contributed by atoms with E-state index < -0.39 is 0 Å². The first-order valence-corrected chi connectivity index (χ1v) is 17.3. The predicted molar refractivity (Wildman–Crippen MR) is 188 cm³/mol. The van der Waals surface area contributed by atoms with E-state index in [9.17, 15) is 4.79 Å². The standard InChI is InChI=1S/C26H26Cl2N2O.C10H22.C2H6/c1-4-21(25(31)18-6-5-16-7-9-20(27)12-19(16)11-18)22-10-8-17(13-23(22)15(2)3)24-14-29-30-26(24)28;1-4-7-9-10(6-3)8-5-2;1-2/h4,7-10,12-15,18H,5-6,11H2,1-3H3,(H,29,30);10H,4-9H2,1-3H3;1-2H3/b21-4+;;. The number of aromatic nitrogens is 2. The zero-order chi connectivity index (χ0) is 31.9. The smallest absolute Gasteiger partial charge is 0.166 e. The highest BCUT2D eigenvalue weighted by molar-refractivity contribution is 6.32. The number of Topliss-reactive ketones (excluding diaryl/α,β-unsaturated/α-hetero) is 1. The van der Waals surface area contributed by atoms with E-state index in [1.165, 1.54) is 49.7 Å². The minimum atomic E-state index is -0.0276. The number of allylic oxidation sites excluding steroid dienone is 2. The molecule has 1 aliphatic carbocycles. The molecule has 2 unspecified atom stereocenters. The summed E-state index contributed by atoms with van der Waals surface area (Å²) in [6.07, 6.45) is 14.6. The maximum atomic E-state index is 13.6. The Bertz CT molecular complexity index is 1310. The highest BCUT2D eigenvalue weighted by Gasteiger charge is 2.28. The monoisotopic (exact) mass is 624 g/mol. The topological polar surface area (TPSA) is 45.8 Å². The third-order valence-corrected chi connectivity index (χ3v) is 8.95. The zero-order valence-electron chi connectivity index (χ0n) is 27.8. The molecule has 43 heavy (non-hydrogen) atoms. The highest BCUT2D eigenvalue weighted by atomic mass is 35.5. The van der Waals surface area contributed by atoms with E-state index >= 15 is 0 Å². The number of unbranched alkanes of at least 4 members (excludes halogenated alkanes) is 1. The lowest BCUT2D eigenvalue weighted by Crippen LogP contribution is -2.24. The molecule has 0 spiro atoms. The van der Waals surface area contributed by atoms with Crippen molar-refractivity contribution in [1.29, 1.82) is 0 Å². The van der Waals surface area contributed by atoms with Gasteiger partial charge in [-0.05, 0) is 78.0 Å². The first-order chi connectivity index (χ1) is 20.7. The summed E-state index contributed by atoms with van der Waals surface area (Å²) in [6.45, 7) is 17.1. The third kappa shape index (κ3) is 10.4. The van der Waals surface area contributed by atoms with E-state index in [-0.39, 0.29) is 17.6 Å². The number of hydrogen-bond acceptors (Lipinski definition) is 2. The van der Waals surface area contributed by atoms with Crippen LogP contribution in [0.25, 0.3) is 16.7 Å². The lowest BCUT2D eigenvalue weighted by molar-refractivity contribution is -0.117. The van der Waals surface area contributed by atoms with E-state index in [0.717, 1.165) is 58.0 Å². The summed E-state index contributed by atoms with van der Waals surface area (Å²) in [4.78, 5) is 13.6. The largest absolute Gasteiger partial charge is 0.294 e. The second kappa shape index (κ2) is 19.1. The molecule has 0 amide bonds. The van der Waals surface area contributed by atoms with E-state index in [1.54, 1.807) is 6.20 Å². The van der Waals surface area contributed by atoms with Crippen molar-refractivity contribution in [3.8, 4) is 11.1 Å². The molecule has 1 heterocycles. The molecule has 1 aromatic heterocycles. The van der Waals surface area contributed by atoms with E-state index in [2.05, 4.69) is 63.0 Å². The van der Waals surface area contributed by atoms with Crippen LogP contribution < -0.4 is 0 Å². The van der Waals surface area contributed by atoms with Crippen molar-refractivity contribution >= 4 is 34.6 Å². The fraction of sp³-hybridized carbons (Fsp3) is 0.526. The van der Waals surface area contributed by atoms with Crippen molar-refractivity contribution in [3.05, 3.63) is 81.1 Å². The summed E-state index contributed by atoms with van der Waals surface area (Å²) >= 11 is 12.4. The van der Waals surface area contributed by atoms with Gasteiger partial charge in [-0.3, -0.25) is 9.89 Å². The molecule has 0 aliphatic heterocycles. The van der Waals surface area contributed by atoms with Gasteiger partial charge in [0.25, 0.3) is 0 Å². The minimum Gasteiger partial charge on any atom is -0.294 e. The van der Waals surface area contributed by atoms with Gasteiger partial charge in [-0.2, -0.15) is 5.10 Å². The number of nitrogens with zero attached hydrogens (tertiary/aromatic N) is 1. The van der Waals surface area contributed by atoms with Crippen LogP contribution in [0.5, 0.6) is 0 Å². The minimum absolute atomic E-state index is 0.0276. The second-order valence-corrected chi connectivity index (χ2v) is 12.5. The van der Waals surface area contributed by atoms with Crippen LogP contribution in [0.3, 0.4) is 0 Å². The summed E-state index contributed by atoms with van der Waals surface area (Å²) < 4.78 is 0. The number of nitrogens with one attached hydrogen (secondary N) is 1. The summed E-state index contributed by atoms with van der Waals surface area (Å²) in [7, 11) is 0. The summed E-state index contributed by atoms with van der Waals surface area (Å²) in [5.41, 5.74) is 7.29. The molecule has 2 atom stereocenters. The number of fused-ring (bicyclic) bond motifs is 1. The van der Waals surface area contributed by atoms with Gasteiger partial charge in [0.2, 0.25) is 0 Å². The maximum Gasteiger partial charge on any atom is 0.166 e. The molecular formula is C38H54Cl2N2O. The van der Waals surface area contributed by atoms with Crippen molar-refractivity contribution in [2.75, 3.05) is 0 Å². The van der Waals surface area contributed by atoms with Gasteiger partial charge < -0.3 is 0 Å². The molecule has 2 aromatic carbocycles. The van der Waals surface area contributed by atoms with Crippen molar-refractivity contribution in [2.45, 2.75) is 119 Å². The summed E-state index contributed by atoms with van der Waals surface area (Å²) in [6, 6.07) is 12.2. The number of aromatic amines is 1. The number of rotatable bonds is 11. The number of aryl methyl sites for hydroxylation is 1. The Hall–Kier alpha value is -2.36. The van der Waals surface area contributed by atoms with Crippen molar-refractivity contribution in [3.63, 3.8) is 0 Å². The Labute approximate surface area is 271 Å². The molecule has 3 aromatic rings. The third-order valence-electron chi connectivity index (χ3n) is 8.43. The molecule has 4 rings (SSSR count). The quantitative estimate of drug-likeness (QED) is 0.216. The normalized spacial score (nSPS) is 15.1. The number of benzene rings is 2. The SMILES string of the molecule is C/C=C(/C(=O)C1CCc2ccc(Cl)cc2C1)c1ccc(-c2cn[nH]c2Cl)cc1C(C)C.CC.CCCCC(CC)CCC. The second-order valence-electron chi connectivity index (χ2n) is 11.7. The molecule has 1 N–H and O–H groups in total. The van der Waals surface area contributed by atoms with Gasteiger partial charge in [0, 0.05) is 22.1 Å². The van der Waals surface area contributed by atoms with Crippen molar-refractivity contribution < 1.29 is 4.79 Å². The number of carbonyl (C=O) groups excluding carboxylic acids is 1. The Kier molecular flexibility index (Phi) is 16.4. The van der Waals surface area contributed by atoms with Crippen molar-refractivity contribution in [2.24, 2.45) is 11.8 Å². The van der Waals surface area contributed by atoms with E-state index in [0.29, 0.717) is 5.15 Å². The van der Waals surface area contributed by atoms with Crippen LogP contribution in [0, 0.1) is 11.8 Å². The van der Waals surface area contributed by atoms with Gasteiger partial charge in [-0.25, -0.2) is 0 Å². The van der Waals surface area contributed by atoms with E-state index in [4.69, 9.17) is 23.2 Å². The molecule has 3 nitrogen and oxygen atoms in total. The number of halogens is 2. The molecule has 1 aliphatic rings. The first kappa shape index (κ1) is 36.8. The molecule has 5 heteroatoms. The average molecular weight is 626 g/mol. The molecule has 236 valence electrons. The number of ketones is 1. The fourth-order valence-electron chi connectivity index (χ4n) is 5.98. The molecule has 0 radical (unpaired) electrons. The lowest BCUT2D eigenvalue weighted by atomic mass is 9.77. The Morgan fingerprint density at radius 1 is 1.02 bits per heavy atom. The fourth-order valence-corrected chi connectivity index (χ4v) is 6.38. The first-order valence-electron chi connectivity index (χ1n) is 16.5. The average Bonchev–Trinajstić information content (AvgIpc) is 3.46. The van der Waals surface area contributed by atoms with Gasteiger partial charge in [0.15, 0.2) is 5.78 Å². The number of hydrogen-bond donors (Lipinski definition) is 1. The van der Waals surface area contributed by atoms with Gasteiger partial charge in [0.05, 0.1) is 6.20 Å². The summed E-state index contributed by atoms with van der Waals surface area (Å²) in [5, 5.41) is 8.05. The Morgan fingerprint density at radius 3 is 2.35 bits per heavy atom. The van der Waals surface area contributed by atoms with Gasteiger partial charge >= 0.3 is 0 Å². The zero-order valence-corrected chi connectivity index (χ0v) is 29.3. The molecule has 0 saturated carbocycles. The highest BCUT2D eigenvalue weighted by Crippen LogP contribution is 2.36. The Morgan fingerprint density at radius 2 is 1.77 bits per heavy atom. The van der Waals surface area contributed by atoms with Crippen LogP contribution in [0.1, 0.15) is 129 Å². The number of carbonyl (C=O) groups is 1. The van der Waals surface area contributed by atoms with Gasteiger partial charge in [0.1, 0.15) is 5.15 Å². The van der Waals surface area contributed by atoms with E-state index in [1.807, 2.05) is 45.0 Å². The predicted octanol–water partition coefficient (Wildman–Crippen LogP) is 12.3. The van der Waals surface area contributed by atoms with Crippen molar-refractivity contribution in [1.82, 2.24) is 10.2 Å². The van der Waals surface area contributed by atoms with Crippen LogP contribution in [-0.4, -0.2) is 16.0 Å². The van der Waals surface area contributed by atoms with Gasteiger partial charge in [-0.1, -0.05) is 141 Å². The Balaban J connectivity index is 0.000000459. The van der Waals surface area contributed by atoms with Crippen LogP contribution in [0.2, 0.25) is 10.2 Å². The van der Waals surface area contributed by atoms with Crippen LogP contribution >= 0.6 is 23.2 Å².